The van der Waals surface area contributed by atoms with Crippen molar-refractivity contribution < 1.29 is 14.2 Å². The number of hydrogen-bond acceptors (Lipinski definition) is 5. The van der Waals surface area contributed by atoms with Gasteiger partial charge in [-0.25, -0.2) is 0 Å². The first-order chi connectivity index (χ1) is 13.5. The molecule has 2 rings (SSSR count). The first kappa shape index (κ1) is 22.5. The summed E-state index contributed by atoms with van der Waals surface area (Å²) < 4.78 is 16.4. The van der Waals surface area contributed by atoms with Crippen molar-refractivity contribution in [3.63, 3.8) is 0 Å². The topological polar surface area (TPSA) is 67.4 Å². The van der Waals surface area contributed by atoms with Crippen LogP contribution in [-0.4, -0.2) is 76.6 Å². The molecule has 1 aromatic rings. The van der Waals surface area contributed by atoms with Crippen molar-refractivity contribution in [1.82, 2.24) is 15.5 Å². The summed E-state index contributed by atoms with van der Waals surface area (Å²) in [7, 11) is 3.47. The SMILES string of the molecule is CN=C(NCc1ccc(C)cc1OCCOC)NCC(C)(C)N1CCOCC1. The summed E-state index contributed by atoms with van der Waals surface area (Å²) in [5, 5.41) is 6.85. The number of aliphatic imine (C=N–C) groups is 1. The molecule has 0 amide bonds. The van der Waals surface area contributed by atoms with Gasteiger partial charge in [0.15, 0.2) is 5.96 Å². The molecule has 0 spiro atoms. The van der Waals surface area contributed by atoms with Gasteiger partial charge < -0.3 is 24.8 Å². The van der Waals surface area contributed by atoms with Gasteiger partial charge in [-0.3, -0.25) is 9.89 Å². The lowest BCUT2D eigenvalue weighted by Gasteiger charge is -2.41. The van der Waals surface area contributed by atoms with Crippen LogP contribution in [0.3, 0.4) is 0 Å². The highest BCUT2D eigenvalue weighted by Crippen LogP contribution is 2.20. The second kappa shape index (κ2) is 11.2. The van der Waals surface area contributed by atoms with Crippen molar-refractivity contribution in [3.05, 3.63) is 29.3 Å². The van der Waals surface area contributed by atoms with E-state index in [1.807, 2.05) is 0 Å². The van der Waals surface area contributed by atoms with Crippen molar-refractivity contribution in [2.75, 3.05) is 60.2 Å². The molecule has 7 heteroatoms. The molecule has 158 valence electrons. The zero-order valence-electron chi connectivity index (χ0n) is 18.0. The van der Waals surface area contributed by atoms with Crippen LogP contribution in [-0.2, 0) is 16.0 Å². The molecule has 0 aliphatic carbocycles. The molecule has 1 aliphatic heterocycles. The Kier molecular flexibility index (Phi) is 9.02. The van der Waals surface area contributed by atoms with Gasteiger partial charge in [0.1, 0.15) is 12.4 Å². The Balaban J connectivity index is 1.89. The van der Waals surface area contributed by atoms with Gasteiger partial charge in [-0.05, 0) is 32.4 Å². The van der Waals surface area contributed by atoms with Gasteiger partial charge in [0.25, 0.3) is 0 Å². The van der Waals surface area contributed by atoms with Crippen LogP contribution in [0.5, 0.6) is 5.75 Å². The highest BCUT2D eigenvalue weighted by Gasteiger charge is 2.28. The summed E-state index contributed by atoms with van der Waals surface area (Å²) in [5.74, 6) is 1.67. The lowest BCUT2D eigenvalue weighted by Crippen LogP contribution is -2.56. The highest BCUT2D eigenvalue weighted by molar-refractivity contribution is 5.79. The Morgan fingerprint density at radius 1 is 1.21 bits per heavy atom. The molecule has 1 aliphatic rings. The normalized spacial score (nSPS) is 16.1. The van der Waals surface area contributed by atoms with Gasteiger partial charge in [0.2, 0.25) is 0 Å². The smallest absolute Gasteiger partial charge is 0.191 e. The molecule has 7 nitrogen and oxygen atoms in total. The number of rotatable bonds is 9. The molecule has 1 heterocycles. The minimum absolute atomic E-state index is 0.0275. The molecule has 0 unspecified atom stereocenters. The fraction of sp³-hybridized carbons (Fsp3) is 0.667. The molecule has 28 heavy (non-hydrogen) atoms. The molecule has 0 atom stereocenters. The third kappa shape index (κ3) is 6.96. The van der Waals surface area contributed by atoms with E-state index in [1.165, 1.54) is 5.56 Å². The van der Waals surface area contributed by atoms with Crippen molar-refractivity contribution in [1.29, 1.82) is 0 Å². The second-order valence-corrected chi connectivity index (χ2v) is 7.64. The van der Waals surface area contributed by atoms with Crippen LogP contribution in [0, 0.1) is 6.92 Å². The Morgan fingerprint density at radius 3 is 2.64 bits per heavy atom. The van der Waals surface area contributed by atoms with E-state index in [0.29, 0.717) is 19.8 Å². The number of ether oxygens (including phenoxy) is 3. The predicted octanol–water partition coefficient (Wildman–Crippen LogP) is 1.80. The van der Waals surface area contributed by atoms with E-state index in [1.54, 1.807) is 14.2 Å². The van der Waals surface area contributed by atoms with Gasteiger partial charge in [-0.1, -0.05) is 12.1 Å². The van der Waals surface area contributed by atoms with E-state index in [9.17, 15) is 0 Å². The summed E-state index contributed by atoms with van der Waals surface area (Å²) in [5.41, 5.74) is 2.29. The first-order valence-electron chi connectivity index (χ1n) is 9.95. The maximum atomic E-state index is 5.87. The second-order valence-electron chi connectivity index (χ2n) is 7.64. The zero-order valence-corrected chi connectivity index (χ0v) is 18.0. The largest absolute Gasteiger partial charge is 0.491 e. The molecule has 1 aromatic carbocycles. The van der Waals surface area contributed by atoms with E-state index in [-0.39, 0.29) is 5.54 Å². The molecule has 0 bridgehead atoms. The van der Waals surface area contributed by atoms with Gasteiger partial charge in [0, 0.05) is 51.4 Å². The van der Waals surface area contributed by atoms with Gasteiger partial charge in [-0.15, -0.1) is 0 Å². The van der Waals surface area contributed by atoms with Gasteiger partial charge >= 0.3 is 0 Å². The summed E-state index contributed by atoms with van der Waals surface area (Å²) in [4.78, 5) is 6.82. The lowest BCUT2D eigenvalue weighted by molar-refractivity contribution is -0.00834. The van der Waals surface area contributed by atoms with E-state index < -0.39 is 0 Å². The maximum Gasteiger partial charge on any atom is 0.191 e. The number of guanidine groups is 1. The van der Waals surface area contributed by atoms with Crippen LogP contribution in [0.25, 0.3) is 0 Å². The van der Waals surface area contributed by atoms with Crippen LogP contribution >= 0.6 is 0 Å². The number of benzene rings is 1. The molecule has 2 N–H and O–H groups in total. The number of nitrogens with one attached hydrogen (secondary N) is 2. The molecular formula is C21H36N4O3. The van der Waals surface area contributed by atoms with Crippen molar-refractivity contribution in [3.8, 4) is 5.75 Å². The van der Waals surface area contributed by atoms with Crippen LogP contribution in [0.15, 0.2) is 23.2 Å². The number of morpholine rings is 1. The van der Waals surface area contributed by atoms with E-state index >= 15 is 0 Å². The monoisotopic (exact) mass is 392 g/mol. The third-order valence-electron chi connectivity index (χ3n) is 4.99. The molecule has 1 fully saturated rings. The molecular weight excluding hydrogens is 356 g/mol. The number of nitrogens with zero attached hydrogens (tertiary/aromatic N) is 2. The summed E-state index contributed by atoms with van der Waals surface area (Å²) in [6, 6.07) is 6.25. The predicted molar refractivity (Wildman–Crippen MR) is 113 cm³/mol. The molecule has 0 radical (unpaired) electrons. The standard InChI is InChI=1S/C21H36N4O3/c1-17-6-7-18(19(14-17)28-13-12-26-5)15-23-20(22-4)24-16-21(2,3)25-8-10-27-11-9-25/h6-7,14H,8-13,15-16H2,1-5H3,(H2,22,23,24). The fourth-order valence-corrected chi connectivity index (χ4v) is 3.16. The minimum Gasteiger partial charge on any atom is -0.491 e. The van der Waals surface area contributed by atoms with Crippen molar-refractivity contribution in [2.45, 2.75) is 32.9 Å². The molecule has 1 saturated heterocycles. The number of aryl methyl sites for hydroxylation is 1. The van der Waals surface area contributed by atoms with Crippen LogP contribution < -0.4 is 15.4 Å². The van der Waals surface area contributed by atoms with Crippen LogP contribution in [0.4, 0.5) is 0 Å². The quantitative estimate of drug-likeness (QED) is 0.379. The van der Waals surface area contributed by atoms with Gasteiger partial charge in [-0.2, -0.15) is 0 Å². The van der Waals surface area contributed by atoms with Crippen molar-refractivity contribution in [2.24, 2.45) is 4.99 Å². The number of methoxy groups -OCH3 is 1. The minimum atomic E-state index is 0.0275. The first-order valence-corrected chi connectivity index (χ1v) is 9.95. The van der Waals surface area contributed by atoms with E-state index in [4.69, 9.17) is 14.2 Å². The van der Waals surface area contributed by atoms with Crippen molar-refractivity contribution >= 4 is 5.96 Å². The molecule has 0 aromatic heterocycles. The third-order valence-corrected chi connectivity index (χ3v) is 4.99. The Hall–Kier alpha value is -1.83. The number of hydrogen-bond donors (Lipinski definition) is 2. The Bertz CT molecular complexity index is 628. The Labute approximate surface area is 169 Å². The Morgan fingerprint density at radius 2 is 1.96 bits per heavy atom. The van der Waals surface area contributed by atoms with Crippen LogP contribution in [0.2, 0.25) is 0 Å². The average Bonchev–Trinajstić information content (AvgIpc) is 2.70. The van der Waals surface area contributed by atoms with E-state index in [0.717, 1.165) is 50.1 Å². The van der Waals surface area contributed by atoms with Gasteiger partial charge in [0.05, 0.1) is 19.8 Å². The summed E-state index contributed by atoms with van der Waals surface area (Å²) >= 11 is 0. The summed E-state index contributed by atoms with van der Waals surface area (Å²) in [6.07, 6.45) is 0. The highest BCUT2D eigenvalue weighted by atomic mass is 16.5. The zero-order chi connectivity index (χ0) is 20.4. The lowest BCUT2D eigenvalue weighted by atomic mass is 10.0. The van der Waals surface area contributed by atoms with Crippen LogP contribution in [0.1, 0.15) is 25.0 Å². The summed E-state index contributed by atoms with van der Waals surface area (Å²) in [6.45, 7) is 12.6. The molecule has 0 saturated carbocycles. The fourth-order valence-electron chi connectivity index (χ4n) is 3.16. The van der Waals surface area contributed by atoms with E-state index in [2.05, 4.69) is 59.5 Å². The average molecular weight is 393 g/mol. The maximum absolute atomic E-state index is 5.87.